The van der Waals surface area contributed by atoms with Gasteiger partial charge in [0.1, 0.15) is 5.82 Å². The van der Waals surface area contributed by atoms with Gasteiger partial charge in [0.05, 0.1) is 11.4 Å². The van der Waals surface area contributed by atoms with Crippen molar-refractivity contribution in [3.63, 3.8) is 0 Å². The molecule has 152 valence electrons. The monoisotopic (exact) mass is 428 g/mol. The molecule has 1 saturated heterocycles. The van der Waals surface area contributed by atoms with Crippen LogP contribution in [0.25, 0.3) is 22.5 Å². The number of imide groups is 1. The van der Waals surface area contributed by atoms with Crippen molar-refractivity contribution in [3.8, 4) is 5.69 Å². The zero-order valence-corrected chi connectivity index (χ0v) is 17.2. The lowest BCUT2D eigenvalue weighted by atomic mass is 10.0. The van der Waals surface area contributed by atoms with Gasteiger partial charge < -0.3 is 4.57 Å². The number of aromatic nitrogens is 1. The first-order chi connectivity index (χ1) is 15.1. The molecule has 2 heterocycles. The number of nitrogens with zero attached hydrogens (tertiary/aromatic N) is 2. The Balaban J connectivity index is 1.44. The molecule has 4 aromatic rings. The Bertz CT molecular complexity index is 1340. The Hall–Kier alpha value is -3.64. The van der Waals surface area contributed by atoms with Gasteiger partial charge in [-0.1, -0.05) is 42.5 Å². The van der Waals surface area contributed by atoms with Crippen molar-refractivity contribution in [3.05, 3.63) is 107 Å². The maximum absolute atomic E-state index is 13.3. The number of amides is 2. The van der Waals surface area contributed by atoms with Gasteiger partial charge in [-0.15, -0.1) is 0 Å². The summed E-state index contributed by atoms with van der Waals surface area (Å²) >= 11 is 0.936. The van der Waals surface area contributed by atoms with Crippen LogP contribution in [0.5, 0.6) is 0 Å². The average molecular weight is 428 g/mol. The molecule has 6 heteroatoms. The van der Waals surface area contributed by atoms with Crippen molar-refractivity contribution in [1.82, 2.24) is 9.47 Å². The summed E-state index contributed by atoms with van der Waals surface area (Å²) in [7, 11) is 0. The Morgan fingerprint density at radius 3 is 2.48 bits per heavy atom. The zero-order valence-electron chi connectivity index (χ0n) is 16.4. The molecular formula is C25H17FN2O2S. The molecule has 1 fully saturated rings. The standard InChI is InChI=1S/C25H17FN2O2S/c26-19-10-12-20(13-11-19)27-14-4-8-21(27)15-23-24(29)28(25(30)31-23)16-18-7-3-6-17-5-1-2-9-22(17)18/h1-15H,16H2/b23-15+. The van der Waals surface area contributed by atoms with Crippen molar-refractivity contribution in [1.29, 1.82) is 0 Å². The van der Waals surface area contributed by atoms with Gasteiger partial charge in [0.25, 0.3) is 11.1 Å². The first-order valence-electron chi connectivity index (χ1n) is 9.75. The highest BCUT2D eigenvalue weighted by Crippen LogP contribution is 2.34. The molecular weight excluding hydrogens is 411 g/mol. The van der Waals surface area contributed by atoms with Crippen molar-refractivity contribution < 1.29 is 14.0 Å². The SMILES string of the molecule is O=C1S/C(=C/c2cccn2-c2ccc(F)cc2)C(=O)N1Cc1cccc2ccccc12. The van der Waals surface area contributed by atoms with Crippen LogP contribution in [0.4, 0.5) is 9.18 Å². The molecule has 3 aromatic carbocycles. The third kappa shape index (κ3) is 3.66. The smallest absolute Gasteiger partial charge is 0.293 e. The Morgan fingerprint density at radius 2 is 1.65 bits per heavy atom. The molecule has 0 aliphatic carbocycles. The number of hydrogen-bond acceptors (Lipinski definition) is 3. The van der Waals surface area contributed by atoms with E-state index in [4.69, 9.17) is 0 Å². The number of fused-ring (bicyclic) bond motifs is 1. The van der Waals surface area contributed by atoms with E-state index in [1.54, 1.807) is 18.2 Å². The minimum atomic E-state index is -0.313. The van der Waals surface area contributed by atoms with Gasteiger partial charge in [0, 0.05) is 17.6 Å². The van der Waals surface area contributed by atoms with Gasteiger partial charge in [0.15, 0.2) is 0 Å². The third-order valence-electron chi connectivity index (χ3n) is 5.25. The molecule has 31 heavy (non-hydrogen) atoms. The molecule has 1 aliphatic heterocycles. The van der Waals surface area contributed by atoms with E-state index in [0.717, 1.165) is 39.5 Å². The van der Waals surface area contributed by atoms with Crippen molar-refractivity contribution in [2.24, 2.45) is 0 Å². The van der Waals surface area contributed by atoms with E-state index in [1.165, 1.54) is 17.0 Å². The van der Waals surface area contributed by atoms with Crippen LogP contribution < -0.4 is 0 Å². The predicted molar refractivity (Wildman–Crippen MR) is 121 cm³/mol. The molecule has 0 bridgehead atoms. The van der Waals surface area contributed by atoms with Crippen LogP contribution >= 0.6 is 11.8 Å². The van der Waals surface area contributed by atoms with Gasteiger partial charge in [-0.3, -0.25) is 14.5 Å². The van der Waals surface area contributed by atoms with E-state index in [2.05, 4.69) is 0 Å². The highest BCUT2D eigenvalue weighted by Gasteiger charge is 2.35. The number of thioether (sulfide) groups is 1. The summed E-state index contributed by atoms with van der Waals surface area (Å²) < 4.78 is 15.1. The first kappa shape index (κ1) is 19.3. The fourth-order valence-corrected chi connectivity index (χ4v) is 4.54. The van der Waals surface area contributed by atoms with Crippen LogP contribution in [0.2, 0.25) is 0 Å². The molecule has 0 radical (unpaired) electrons. The minimum absolute atomic E-state index is 0.225. The van der Waals surface area contributed by atoms with Crippen LogP contribution in [0, 0.1) is 5.82 Å². The van der Waals surface area contributed by atoms with Crippen LogP contribution in [0.15, 0.2) is 90.0 Å². The number of benzene rings is 3. The molecule has 4 nitrogen and oxygen atoms in total. The summed E-state index contributed by atoms with van der Waals surface area (Å²) in [4.78, 5) is 27.3. The quantitative estimate of drug-likeness (QED) is 0.374. The van der Waals surface area contributed by atoms with E-state index in [1.807, 2.05) is 65.4 Å². The maximum atomic E-state index is 13.3. The fourth-order valence-electron chi connectivity index (χ4n) is 3.72. The molecule has 0 N–H and O–H groups in total. The maximum Gasteiger partial charge on any atom is 0.293 e. The molecule has 1 aliphatic rings. The first-order valence-corrected chi connectivity index (χ1v) is 10.6. The third-order valence-corrected chi connectivity index (χ3v) is 6.15. The molecule has 1 aromatic heterocycles. The highest BCUT2D eigenvalue weighted by molar-refractivity contribution is 8.18. The van der Waals surface area contributed by atoms with Crippen molar-refractivity contribution >= 4 is 39.8 Å². The Kier molecular flexibility index (Phi) is 4.92. The number of halogens is 1. The second kappa shape index (κ2) is 7.89. The van der Waals surface area contributed by atoms with Crippen LogP contribution in [0.1, 0.15) is 11.3 Å². The Morgan fingerprint density at radius 1 is 0.871 bits per heavy atom. The average Bonchev–Trinajstić information content (AvgIpc) is 3.34. The largest absolute Gasteiger partial charge is 0.317 e. The van der Waals surface area contributed by atoms with E-state index in [9.17, 15) is 14.0 Å². The van der Waals surface area contributed by atoms with Gasteiger partial charge >= 0.3 is 0 Å². The molecule has 2 amide bonds. The predicted octanol–water partition coefficient (Wildman–Crippen LogP) is 6.01. The molecule has 0 spiro atoms. The lowest BCUT2D eigenvalue weighted by Crippen LogP contribution is -2.27. The number of carbonyl (C=O) groups is 2. The lowest BCUT2D eigenvalue weighted by molar-refractivity contribution is -0.123. The summed E-state index contributed by atoms with van der Waals surface area (Å²) in [6.07, 6.45) is 3.54. The minimum Gasteiger partial charge on any atom is -0.317 e. The van der Waals surface area contributed by atoms with Crippen molar-refractivity contribution in [2.45, 2.75) is 6.54 Å². The summed E-state index contributed by atoms with van der Waals surface area (Å²) in [5, 5.41) is 1.81. The van der Waals surface area contributed by atoms with Crippen LogP contribution in [-0.4, -0.2) is 20.6 Å². The van der Waals surface area contributed by atoms with E-state index in [-0.39, 0.29) is 23.5 Å². The van der Waals surface area contributed by atoms with E-state index in [0.29, 0.717) is 4.91 Å². The number of rotatable bonds is 4. The van der Waals surface area contributed by atoms with E-state index >= 15 is 0 Å². The molecule has 5 rings (SSSR count). The van der Waals surface area contributed by atoms with Gasteiger partial charge in [-0.2, -0.15) is 0 Å². The highest BCUT2D eigenvalue weighted by atomic mass is 32.2. The fraction of sp³-hybridized carbons (Fsp3) is 0.0400. The van der Waals surface area contributed by atoms with Gasteiger partial charge in [0.2, 0.25) is 0 Å². The second-order valence-corrected chi connectivity index (χ2v) is 8.18. The zero-order chi connectivity index (χ0) is 21.4. The summed E-state index contributed by atoms with van der Waals surface area (Å²) in [6.45, 7) is 0.225. The second-order valence-electron chi connectivity index (χ2n) is 7.19. The molecule has 0 saturated carbocycles. The lowest BCUT2D eigenvalue weighted by Gasteiger charge is -2.14. The summed E-state index contributed by atoms with van der Waals surface area (Å²) in [5.41, 5.74) is 2.44. The number of hydrogen-bond donors (Lipinski definition) is 0. The van der Waals surface area contributed by atoms with Gasteiger partial charge in [-0.05, 0) is 70.6 Å². The van der Waals surface area contributed by atoms with Crippen LogP contribution in [0.3, 0.4) is 0 Å². The Labute approximate surface area is 182 Å². The summed E-state index contributed by atoms with van der Waals surface area (Å²) in [6, 6.07) is 23.6. The number of carbonyl (C=O) groups excluding carboxylic acids is 2. The van der Waals surface area contributed by atoms with Gasteiger partial charge in [-0.25, -0.2) is 4.39 Å². The van der Waals surface area contributed by atoms with Crippen molar-refractivity contribution in [2.75, 3.05) is 0 Å². The topological polar surface area (TPSA) is 42.3 Å². The molecule has 0 atom stereocenters. The summed E-state index contributed by atoms with van der Waals surface area (Å²) in [5.74, 6) is -0.623. The normalized spacial score (nSPS) is 15.4. The van der Waals surface area contributed by atoms with Crippen LogP contribution in [-0.2, 0) is 11.3 Å². The van der Waals surface area contributed by atoms with E-state index < -0.39 is 0 Å². The molecule has 0 unspecified atom stereocenters.